The topological polar surface area (TPSA) is 261 Å². The standard InChI is InChI=1S/C22H29N9O9S2.H2O/c1-5-29-6-7-30(16(35)15(29)34)20(39)23-12(10(2)32)14(33)24-22(40-4)18(38)31-13(17(36)37)11(8-41-19(22)31)9-42-21-25-26-27-28(21)3;/h10,12,19,32H,5-9H2,1-4H3,(H,23,39)(H,24,33)(H,36,37);1H2/t10-,12+,19+,22-;/m0./s1. The molecule has 0 bridgehead atoms. The zero-order chi connectivity index (χ0) is 30.9. The number of piperazine rings is 1. The molecule has 2 saturated heterocycles. The number of rotatable bonds is 10. The molecule has 0 radical (unpaired) electrons. The highest BCUT2D eigenvalue weighted by Crippen LogP contribution is 2.47. The number of nitrogens with one attached hydrogen (secondary N) is 2. The lowest BCUT2D eigenvalue weighted by atomic mass is 9.97. The molecule has 0 saturated carbocycles. The number of tetrazole rings is 1. The molecule has 21 heteroatoms. The van der Waals surface area contributed by atoms with Crippen molar-refractivity contribution in [3.63, 3.8) is 0 Å². The Bertz CT molecular complexity index is 1350. The minimum atomic E-state index is -2.01. The van der Waals surface area contributed by atoms with Crippen LogP contribution in [0.4, 0.5) is 4.79 Å². The fraction of sp³-hybridized carbons (Fsp3) is 0.591. The molecule has 4 rings (SSSR count). The molecule has 43 heavy (non-hydrogen) atoms. The number of hydrogen-bond donors (Lipinski definition) is 4. The number of imide groups is 1. The Morgan fingerprint density at radius 1 is 1.23 bits per heavy atom. The number of carboxylic acids is 1. The summed E-state index contributed by atoms with van der Waals surface area (Å²) in [5.41, 5.74) is -1.84. The van der Waals surface area contributed by atoms with Gasteiger partial charge in [-0.05, 0) is 29.8 Å². The summed E-state index contributed by atoms with van der Waals surface area (Å²) in [6.07, 6.45) is -1.50. The summed E-state index contributed by atoms with van der Waals surface area (Å²) in [6.45, 7) is 3.15. The van der Waals surface area contributed by atoms with Crippen molar-refractivity contribution in [2.24, 2.45) is 7.05 Å². The van der Waals surface area contributed by atoms with Gasteiger partial charge >= 0.3 is 23.8 Å². The van der Waals surface area contributed by atoms with Crippen LogP contribution in [0.2, 0.25) is 0 Å². The van der Waals surface area contributed by atoms with Gasteiger partial charge in [-0.15, -0.1) is 16.9 Å². The van der Waals surface area contributed by atoms with Crippen LogP contribution in [0.1, 0.15) is 13.8 Å². The van der Waals surface area contributed by atoms with E-state index < -0.39 is 58.9 Å². The first kappa shape index (κ1) is 33.7. The number of ether oxygens (including phenoxy) is 1. The third kappa shape index (κ3) is 6.02. The molecule has 6 amide bonds. The normalized spacial score (nSPS) is 23.2. The van der Waals surface area contributed by atoms with Crippen LogP contribution in [0.5, 0.6) is 0 Å². The Kier molecular flexibility index (Phi) is 10.4. The van der Waals surface area contributed by atoms with Crippen molar-refractivity contribution in [1.82, 2.24) is 45.5 Å². The third-order valence-corrected chi connectivity index (χ3v) is 9.35. The summed E-state index contributed by atoms with van der Waals surface area (Å²) < 4.78 is 6.84. The van der Waals surface area contributed by atoms with Gasteiger partial charge < -0.3 is 36.0 Å². The third-order valence-electron chi connectivity index (χ3n) is 6.88. The summed E-state index contributed by atoms with van der Waals surface area (Å²) in [4.78, 5) is 79.3. The number of aromatic nitrogens is 4. The fourth-order valence-corrected chi connectivity index (χ4v) is 7.02. The van der Waals surface area contributed by atoms with E-state index in [0.29, 0.717) is 15.6 Å². The molecule has 1 aromatic rings. The number of carboxylic acid groups (broad SMARTS) is 1. The summed E-state index contributed by atoms with van der Waals surface area (Å²) in [6, 6.07) is -2.74. The number of carbonyl (C=O) groups excluding carboxylic acids is 5. The Balaban J connectivity index is 0.00000506. The van der Waals surface area contributed by atoms with Crippen LogP contribution < -0.4 is 10.6 Å². The van der Waals surface area contributed by atoms with Crippen LogP contribution in [0, 0.1) is 0 Å². The lowest BCUT2D eigenvalue weighted by molar-refractivity contribution is -0.193. The van der Waals surface area contributed by atoms with Crippen LogP contribution in [-0.4, -0.2) is 148 Å². The molecule has 236 valence electrons. The van der Waals surface area contributed by atoms with E-state index in [1.165, 1.54) is 28.3 Å². The molecular formula is C22H31N9O10S2. The number of thioether (sulfide) groups is 2. The van der Waals surface area contributed by atoms with E-state index in [0.717, 1.165) is 23.8 Å². The Morgan fingerprint density at radius 3 is 2.49 bits per heavy atom. The van der Waals surface area contributed by atoms with E-state index in [1.54, 1.807) is 14.0 Å². The minimum Gasteiger partial charge on any atom is -0.477 e. The summed E-state index contributed by atoms with van der Waals surface area (Å²) in [5.74, 6) is -4.87. The molecule has 19 nitrogen and oxygen atoms in total. The molecule has 0 aliphatic carbocycles. The Hall–Kier alpha value is -3.79. The minimum absolute atomic E-state index is 0. The predicted molar refractivity (Wildman–Crippen MR) is 147 cm³/mol. The summed E-state index contributed by atoms with van der Waals surface area (Å²) in [7, 11) is 2.78. The number of amides is 6. The Morgan fingerprint density at radius 2 is 1.93 bits per heavy atom. The highest BCUT2D eigenvalue weighted by atomic mass is 32.2. The molecule has 1 aromatic heterocycles. The first-order valence-electron chi connectivity index (χ1n) is 12.6. The number of methoxy groups -OCH3 is 1. The molecule has 3 aliphatic rings. The van der Waals surface area contributed by atoms with E-state index in [2.05, 4.69) is 26.2 Å². The van der Waals surface area contributed by atoms with Crippen molar-refractivity contribution < 1.29 is 49.2 Å². The van der Waals surface area contributed by atoms with Crippen molar-refractivity contribution in [2.75, 3.05) is 38.2 Å². The van der Waals surface area contributed by atoms with Gasteiger partial charge in [0.25, 0.3) is 11.6 Å². The van der Waals surface area contributed by atoms with E-state index in [-0.39, 0.29) is 42.3 Å². The number of aryl methyl sites for hydroxylation is 1. The molecule has 4 heterocycles. The van der Waals surface area contributed by atoms with Gasteiger partial charge in [-0.1, -0.05) is 11.8 Å². The maximum Gasteiger partial charge on any atom is 0.352 e. The molecular weight excluding hydrogens is 614 g/mol. The van der Waals surface area contributed by atoms with Gasteiger partial charge in [-0.25, -0.2) is 14.3 Å². The second-order valence-corrected chi connectivity index (χ2v) is 11.4. The lowest BCUT2D eigenvalue weighted by Gasteiger charge is -2.56. The van der Waals surface area contributed by atoms with E-state index in [9.17, 15) is 39.0 Å². The SMILES string of the molecule is CCN1CCN(C(=O)N[C@@H](C(=O)N[C@]2(OC)C(=O)N3C(C(=O)O)=C(CSc4nnnn4C)CS[C@@H]32)[C@H](C)O)C(=O)C1=O.O. The quantitative estimate of drug-likeness (QED) is 0.0828. The number of aliphatic hydroxyl groups is 1. The van der Waals surface area contributed by atoms with Gasteiger partial charge in [-0.2, -0.15) is 0 Å². The van der Waals surface area contributed by atoms with E-state index in [4.69, 9.17) is 4.74 Å². The largest absolute Gasteiger partial charge is 0.477 e. The van der Waals surface area contributed by atoms with Crippen LogP contribution in [0.25, 0.3) is 0 Å². The number of hydrogen-bond acceptors (Lipinski definition) is 13. The molecule has 0 unspecified atom stereocenters. The zero-order valence-corrected chi connectivity index (χ0v) is 25.1. The van der Waals surface area contributed by atoms with Crippen LogP contribution in [-0.2, 0) is 35.8 Å². The number of β-lactam (4-membered cyclic amide) rings is 1. The second-order valence-electron chi connectivity index (χ2n) is 9.41. The average Bonchev–Trinajstić information content (AvgIpc) is 3.37. The fourth-order valence-electron chi connectivity index (χ4n) is 4.60. The highest BCUT2D eigenvalue weighted by Gasteiger charge is 2.67. The molecule has 3 aliphatic heterocycles. The molecule has 4 atom stereocenters. The number of aliphatic carboxylic acids is 1. The van der Waals surface area contributed by atoms with Gasteiger partial charge in [0.15, 0.2) is 0 Å². The second kappa shape index (κ2) is 13.2. The predicted octanol–water partition coefficient (Wildman–Crippen LogP) is -3.66. The first-order chi connectivity index (χ1) is 19.9. The number of aliphatic hydroxyl groups excluding tert-OH is 1. The number of likely N-dealkylation sites (N-methyl/N-ethyl adjacent to an activating group) is 1. The van der Waals surface area contributed by atoms with Crippen molar-refractivity contribution in [1.29, 1.82) is 0 Å². The van der Waals surface area contributed by atoms with Gasteiger partial charge in [0.05, 0.1) is 6.10 Å². The van der Waals surface area contributed by atoms with Gasteiger partial charge in [0.1, 0.15) is 17.1 Å². The maximum absolute atomic E-state index is 13.4. The van der Waals surface area contributed by atoms with Gasteiger partial charge in [-0.3, -0.25) is 29.0 Å². The van der Waals surface area contributed by atoms with E-state index >= 15 is 0 Å². The maximum atomic E-state index is 13.4. The Labute approximate surface area is 252 Å². The zero-order valence-electron chi connectivity index (χ0n) is 23.5. The van der Waals surface area contributed by atoms with Crippen LogP contribution >= 0.6 is 23.5 Å². The molecule has 0 aromatic carbocycles. The lowest BCUT2D eigenvalue weighted by Crippen LogP contribution is -2.81. The number of nitrogens with zero attached hydrogens (tertiary/aromatic N) is 7. The smallest absolute Gasteiger partial charge is 0.352 e. The highest BCUT2D eigenvalue weighted by molar-refractivity contribution is 8.01. The molecule has 0 spiro atoms. The van der Waals surface area contributed by atoms with Crippen molar-refractivity contribution in [3.05, 3.63) is 11.3 Å². The first-order valence-corrected chi connectivity index (χ1v) is 14.6. The van der Waals surface area contributed by atoms with Gasteiger partial charge in [0, 0.05) is 45.3 Å². The molecule has 6 N–H and O–H groups in total. The van der Waals surface area contributed by atoms with Crippen molar-refractivity contribution >= 4 is 59.2 Å². The van der Waals surface area contributed by atoms with Gasteiger partial charge in [0.2, 0.25) is 11.1 Å². The van der Waals surface area contributed by atoms with E-state index in [1.807, 2.05) is 0 Å². The van der Waals surface area contributed by atoms with Crippen LogP contribution in [0.3, 0.4) is 0 Å². The summed E-state index contributed by atoms with van der Waals surface area (Å²) in [5, 5.41) is 35.5. The van der Waals surface area contributed by atoms with Crippen LogP contribution in [0.15, 0.2) is 16.4 Å². The number of fused-ring (bicyclic) bond motifs is 1. The average molecular weight is 646 g/mol. The number of urea groups is 1. The monoisotopic (exact) mass is 645 g/mol. The molecule has 2 fully saturated rings. The number of carbonyl (C=O) groups is 6. The van der Waals surface area contributed by atoms with Crippen molar-refractivity contribution in [2.45, 2.75) is 42.2 Å². The van der Waals surface area contributed by atoms with Crippen molar-refractivity contribution in [3.8, 4) is 0 Å². The summed E-state index contributed by atoms with van der Waals surface area (Å²) >= 11 is 2.33.